The van der Waals surface area contributed by atoms with Gasteiger partial charge in [-0.2, -0.15) is 0 Å². The second-order valence-corrected chi connectivity index (χ2v) is 10.5. The maximum absolute atomic E-state index is 13.5. The lowest BCUT2D eigenvalue weighted by Crippen LogP contribution is -2.51. The van der Waals surface area contributed by atoms with Crippen LogP contribution in [0.25, 0.3) is 0 Å². The number of halogens is 1. The Morgan fingerprint density at radius 1 is 1.09 bits per heavy atom. The maximum atomic E-state index is 13.5. The molecule has 0 spiro atoms. The van der Waals surface area contributed by atoms with Crippen LogP contribution in [-0.4, -0.2) is 50.5 Å². The molecule has 2 aromatic carbocycles. The molecule has 0 saturated heterocycles. The number of sulfonamides is 1. The first-order valence-electron chi connectivity index (χ1n) is 10.8. The summed E-state index contributed by atoms with van der Waals surface area (Å²) >= 11 is 6.02. The molecule has 2 amide bonds. The third-order valence-corrected chi connectivity index (χ3v) is 6.66. The van der Waals surface area contributed by atoms with E-state index in [4.69, 9.17) is 11.6 Å². The zero-order chi connectivity index (χ0) is 24.8. The predicted octanol–water partition coefficient (Wildman–Crippen LogP) is 3.67. The fourth-order valence-corrected chi connectivity index (χ4v) is 4.50. The van der Waals surface area contributed by atoms with Gasteiger partial charge in [0.05, 0.1) is 11.9 Å². The normalized spacial score (nSPS) is 12.2. The van der Waals surface area contributed by atoms with E-state index in [2.05, 4.69) is 5.32 Å². The number of nitrogens with one attached hydrogen (secondary N) is 1. The van der Waals surface area contributed by atoms with Crippen molar-refractivity contribution in [2.45, 2.75) is 46.7 Å². The molecule has 0 aliphatic rings. The molecule has 0 unspecified atom stereocenters. The molecule has 0 fully saturated rings. The van der Waals surface area contributed by atoms with Crippen LogP contribution in [-0.2, 0) is 26.2 Å². The van der Waals surface area contributed by atoms with E-state index in [9.17, 15) is 18.0 Å². The molecule has 0 bridgehead atoms. The lowest BCUT2D eigenvalue weighted by molar-refractivity contribution is -0.139. The highest BCUT2D eigenvalue weighted by atomic mass is 35.5. The second kappa shape index (κ2) is 11.5. The average molecular weight is 494 g/mol. The molecule has 0 aliphatic carbocycles. The van der Waals surface area contributed by atoms with Gasteiger partial charge in [-0.25, -0.2) is 8.42 Å². The van der Waals surface area contributed by atoms with E-state index in [1.54, 1.807) is 32.0 Å². The second-order valence-electron chi connectivity index (χ2n) is 8.17. The zero-order valence-corrected chi connectivity index (χ0v) is 21.3. The molecule has 1 atom stereocenters. The largest absolute Gasteiger partial charge is 0.354 e. The number of hydrogen-bond acceptors (Lipinski definition) is 4. The molecule has 0 saturated carbocycles. The quantitative estimate of drug-likeness (QED) is 0.547. The molecule has 1 N–H and O–H groups in total. The molecule has 9 heteroatoms. The minimum absolute atomic E-state index is 0.178. The highest BCUT2D eigenvalue weighted by Crippen LogP contribution is 2.26. The van der Waals surface area contributed by atoms with Crippen LogP contribution < -0.4 is 9.62 Å². The summed E-state index contributed by atoms with van der Waals surface area (Å²) in [6, 6.07) is 11.7. The zero-order valence-electron chi connectivity index (χ0n) is 19.8. The standard InChI is InChI=1S/C24H32ClN3O4S/c1-6-13-26-24(30)19(4)27(15-20-9-7-17(2)8-10-20)23(29)16-28(33(5,31)32)22-12-11-21(25)14-18(22)3/h7-12,14,19H,6,13,15-16H2,1-5H3,(H,26,30)/t19-/m0/s1. The average Bonchev–Trinajstić information content (AvgIpc) is 2.74. The SMILES string of the molecule is CCCNC(=O)[C@H](C)N(Cc1ccc(C)cc1)C(=O)CN(c1ccc(Cl)cc1C)S(C)(=O)=O. The van der Waals surface area contributed by atoms with E-state index >= 15 is 0 Å². The van der Waals surface area contributed by atoms with Gasteiger partial charge in [-0.15, -0.1) is 0 Å². The fraction of sp³-hybridized carbons (Fsp3) is 0.417. The summed E-state index contributed by atoms with van der Waals surface area (Å²) in [4.78, 5) is 27.6. The van der Waals surface area contributed by atoms with Crippen molar-refractivity contribution in [1.82, 2.24) is 10.2 Å². The van der Waals surface area contributed by atoms with Gasteiger partial charge in [0.25, 0.3) is 0 Å². The van der Waals surface area contributed by atoms with Gasteiger partial charge in [-0.3, -0.25) is 13.9 Å². The Kier molecular flexibility index (Phi) is 9.31. The van der Waals surface area contributed by atoms with E-state index in [0.29, 0.717) is 22.8 Å². The molecule has 2 aromatic rings. The molecule has 33 heavy (non-hydrogen) atoms. The van der Waals surface area contributed by atoms with Gasteiger partial charge < -0.3 is 10.2 Å². The van der Waals surface area contributed by atoms with E-state index in [-0.39, 0.29) is 12.5 Å². The molecular weight excluding hydrogens is 462 g/mol. The van der Waals surface area contributed by atoms with Crippen LogP contribution >= 0.6 is 11.6 Å². The monoisotopic (exact) mass is 493 g/mol. The van der Waals surface area contributed by atoms with Gasteiger partial charge in [-0.05, 0) is 56.5 Å². The molecular formula is C24H32ClN3O4S. The van der Waals surface area contributed by atoms with Crippen LogP contribution in [0.3, 0.4) is 0 Å². The minimum atomic E-state index is -3.78. The van der Waals surface area contributed by atoms with Crippen LogP contribution in [0.2, 0.25) is 5.02 Å². The minimum Gasteiger partial charge on any atom is -0.354 e. The molecule has 7 nitrogen and oxygen atoms in total. The lowest BCUT2D eigenvalue weighted by atomic mass is 10.1. The summed E-state index contributed by atoms with van der Waals surface area (Å²) in [5.74, 6) is -0.764. The van der Waals surface area contributed by atoms with Crippen molar-refractivity contribution in [3.63, 3.8) is 0 Å². The summed E-state index contributed by atoms with van der Waals surface area (Å²) in [6.07, 6.45) is 1.82. The number of benzene rings is 2. The third kappa shape index (κ3) is 7.47. The number of anilines is 1. The van der Waals surface area contributed by atoms with Gasteiger partial charge in [0.2, 0.25) is 21.8 Å². The Bertz CT molecular complexity index is 1090. The first-order valence-corrected chi connectivity index (χ1v) is 13.0. The van der Waals surface area contributed by atoms with Crippen LogP contribution in [0, 0.1) is 13.8 Å². The molecule has 0 aliphatic heterocycles. The van der Waals surface area contributed by atoms with Crippen LogP contribution in [0.15, 0.2) is 42.5 Å². The highest BCUT2D eigenvalue weighted by molar-refractivity contribution is 7.92. The molecule has 0 heterocycles. The first kappa shape index (κ1) is 26.7. The predicted molar refractivity (Wildman–Crippen MR) is 133 cm³/mol. The third-order valence-electron chi connectivity index (χ3n) is 5.30. The number of amides is 2. The summed E-state index contributed by atoms with van der Waals surface area (Å²) in [6.45, 7) is 7.53. The van der Waals surface area contributed by atoms with Crippen LogP contribution in [0.5, 0.6) is 0 Å². The van der Waals surface area contributed by atoms with E-state index in [1.165, 1.54) is 4.90 Å². The van der Waals surface area contributed by atoms with Gasteiger partial charge in [0, 0.05) is 18.1 Å². The van der Waals surface area contributed by atoms with Crippen molar-refractivity contribution in [2.24, 2.45) is 0 Å². The Hall–Kier alpha value is -2.58. The molecule has 0 aromatic heterocycles. The summed E-state index contributed by atoms with van der Waals surface area (Å²) in [7, 11) is -3.78. The van der Waals surface area contributed by atoms with E-state index in [1.807, 2.05) is 38.1 Å². The summed E-state index contributed by atoms with van der Waals surface area (Å²) < 4.78 is 26.3. The smallest absolute Gasteiger partial charge is 0.244 e. The number of aryl methyl sites for hydroxylation is 2. The topological polar surface area (TPSA) is 86.8 Å². The Morgan fingerprint density at radius 3 is 2.27 bits per heavy atom. The number of hydrogen-bond donors (Lipinski definition) is 1. The van der Waals surface area contributed by atoms with Gasteiger partial charge in [-0.1, -0.05) is 48.4 Å². The maximum Gasteiger partial charge on any atom is 0.244 e. The molecule has 180 valence electrons. The lowest BCUT2D eigenvalue weighted by Gasteiger charge is -2.32. The van der Waals surface area contributed by atoms with Crippen molar-refractivity contribution < 1.29 is 18.0 Å². The number of nitrogens with zero attached hydrogens (tertiary/aromatic N) is 2. The summed E-state index contributed by atoms with van der Waals surface area (Å²) in [5.41, 5.74) is 2.91. The van der Waals surface area contributed by atoms with Crippen molar-refractivity contribution in [3.05, 3.63) is 64.2 Å². The van der Waals surface area contributed by atoms with Crippen LogP contribution in [0.4, 0.5) is 5.69 Å². The summed E-state index contributed by atoms with van der Waals surface area (Å²) in [5, 5.41) is 3.28. The van der Waals surface area contributed by atoms with E-state index < -0.39 is 28.5 Å². The van der Waals surface area contributed by atoms with Crippen LogP contribution in [0.1, 0.15) is 37.0 Å². The first-order chi connectivity index (χ1) is 15.4. The van der Waals surface area contributed by atoms with Crippen molar-refractivity contribution in [1.29, 1.82) is 0 Å². The van der Waals surface area contributed by atoms with Crippen molar-refractivity contribution >= 4 is 39.1 Å². The number of carbonyl (C=O) groups excluding carboxylic acids is 2. The Balaban J connectivity index is 2.39. The van der Waals surface area contributed by atoms with Gasteiger partial charge >= 0.3 is 0 Å². The highest BCUT2D eigenvalue weighted by Gasteiger charge is 2.30. The molecule has 2 rings (SSSR count). The van der Waals surface area contributed by atoms with Gasteiger partial charge in [0.1, 0.15) is 12.6 Å². The van der Waals surface area contributed by atoms with Gasteiger partial charge in [0.15, 0.2) is 0 Å². The number of rotatable bonds is 10. The van der Waals surface area contributed by atoms with Crippen molar-refractivity contribution in [2.75, 3.05) is 23.7 Å². The van der Waals surface area contributed by atoms with E-state index in [0.717, 1.165) is 28.1 Å². The molecule has 0 radical (unpaired) electrons. The van der Waals surface area contributed by atoms with Crippen molar-refractivity contribution in [3.8, 4) is 0 Å². The fourth-order valence-electron chi connectivity index (χ4n) is 3.36. The Morgan fingerprint density at radius 2 is 1.73 bits per heavy atom. The Labute approximate surface area is 201 Å². The number of carbonyl (C=O) groups is 2.